The van der Waals surface area contributed by atoms with Crippen molar-refractivity contribution in [1.29, 1.82) is 5.41 Å². The topological polar surface area (TPSA) is 94.0 Å². The van der Waals surface area contributed by atoms with Gasteiger partial charge in [-0.3, -0.25) is 19.9 Å². The van der Waals surface area contributed by atoms with Crippen LogP contribution in [0.15, 0.2) is 30.3 Å². The number of hydrogen-bond donors (Lipinski definition) is 1. The molecular weight excluding hydrogens is 576 g/mol. The number of rotatable bonds is 15. The summed E-state index contributed by atoms with van der Waals surface area (Å²) in [6, 6.07) is 7.69. The fourth-order valence-electron chi connectivity index (χ4n) is 7.60. The fraction of sp³-hybridized carbons (Fsp3) is 0.737. The molecular formula is C38H62N4O4. The van der Waals surface area contributed by atoms with Crippen molar-refractivity contribution in [3.63, 3.8) is 0 Å². The van der Waals surface area contributed by atoms with Crippen molar-refractivity contribution in [1.82, 2.24) is 14.7 Å². The number of likely N-dealkylation sites (tertiary alicyclic amines) is 1. The Balaban J connectivity index is 0.000000875. The predicted octanol–water partition coefficient (Wildman–Crippen LogP) is 8.08. The molecule has 6 atom stereocenters. The average Bonchev–Trinajstić information content (AvgIpc) is 3.58. The second-order valence-electron chi connectivity index (χ2n) is 13.5. The van der Waals surface area contributed by atoms with Gasteiger partial charge in [0.1, 0.15) is 24.7 Å². The maximum atomic E-state index is 14.3. The summed E-state index contributed by atoms with van der Waals surface area (Å²) in [6.07, 6.45) is 15.2. The summed E-state index contributed by atoms with van der Waals surface area (Å²) in [5.74, 6) is -0.178. The third kappa shape index (κ3) is 9.13. The minimum atomic E-state index is -0.716. The van der Waals surface area contributed by atoms with Gasteiger partial charge in [-0.1, -0.05) is 123 Å². The number of carbonyl (C=O) groups is 3. The van der Waals surface area contributed by atoms with Crippen molar-refractivity contribution in [3.05, 3.63) is 35.9 Å². The van der Waals surface area contributed by atoms with Gasteiger partial charge in [-0.25, -0.2) is 4.79 Å². The van der Waals surface area contributed by atoms with Crippen molar-refractivity contribution < 1.29 is 19.1 Å². The fourth-order valence-corrected chi connectivity index (χ4v) is 7.60. The lowest BCUT2D eigenvalue weighted by Crippen LogP contribution is -2.56. The molecule has 2 aliphatic heterocycles. The van der Waals surface area contributed by atoms with Crippen LogP contribution in [0.1, 0.15) is 143 Å². The lowest BCUT2D eigenvalue weighted by molar-refractivity contribution is -0.157. The number of nitrogens with one attached hydrogen (secondary N) is 1. The summed E-state index contributed by atoms with van der Waals surface area (Å²) in [5.41, 5.74) is 0.914. The van der Waals surface area contributed by atoms with Crippen LogP contribution in [0.25, 0.3) is 0 Å². The smallest absolute Gasteiger partial charge is 0.329 e. The molecule has 8 heteroatoms. The van der Waals surface area contributed by atoms with Gasteiger partial charge < -0.3 is 14.5 Å². The lowest BCUT2D eigenvalue weighted by Gasteiger charge is -2.38. The van der Waals surface area contributed by atoms with Gasteiger partial charge in [0.15, 0.2) is 0 Å². The van der Waals surface area contributed by atoms with Gasteiger partial charge in [-0.15, -0.1) is 0 Å². The molecule has 1 aromatic rings. The number of amides is 2. The summed E-state index contributed by atoms with van der Waals surface area (Å²) in [5, 5.41) is 9.11. The first-order valence-corrected chi connectivity index (χ1v) is 18.5. The van der Waals surface area contributed by atoms with Crippen molar-refractivity contribution >= 4 is 23.7 Å². The maximum Gasteiger partial charge on any atom is 0.329 e. The van der Waals surface area contributed by atoms with Crippen LogP contribution in [-0.2, 0) is 25.7 Å². The first-order valence-electron chi connectivity index (χ1n) is 18.5. The molecule has 3 aliphatic rings. The minimum Gasteiger partial charge on any atom is -0.459 e. The van der Waals surface area contributed by atoms with Gasteiger partial charge in [0.05, 0.1) is 0 Å². The second kappa shape index (κ2) is 19.0. The number of guanidine groups is 1. The molecule has 0 radical (unpaired) electrons. The number of esters is 1. The summed E-state index contributed by atoms with van der Waals surface area (Å²) in [7, 11) is 0. The number of carbonyl (C=O) groups excluding carboxylic acids is 3. The summed E-state index contributed by atoms with van der Waals surface area (Å²) < 4.78 is 5.75. The Morgan fingerprint density at radius 2 is 1.59 bits per heavy atom. The van der Waals surface area contributed by atoms with Crippen molar-refractivity contribution in [2.24, 2.45) is 5.92 Å². The molecule has 0 bridgehead atoms. The SMILES string of the molecule is CCCCC(CC)N1C(=N)N([C@@H](C)C(=O)N2C(C(=O)OCc3ccccc3)C[C@@H]3CCCC[C@@H]32)C(CCC)C1=O.CCCCCC. The largest absolute Gasteiger partial charge is 0.459 e. The molecule has 3 fully saturated rings. The van der Waals surface area contributed by atoms with E-state index in [2.05, 4.69) is 27.7 Å². The second-order valence-corrected chi connectivity index (χ2v) is 13.5. The molecule has 1 aliphatic carbocycles. The Bertz CT molecular complexity index is 1110. The highest BCUT2D eigenvalue weighted by Gasteiger charge is 2.53. The first kappa shape index (κ1) is 37.6. The Morgan fingerprint density at radius 3 is 2.20 bits per heavy atom. The molecule has 2 saturated heterocycles. The zero-order valence-electron chi connectivity index (χ0n) is 29.6. The zero-order valence-corrected chi connectivity index (χ0v) is 29.6. The van der Waals surface area contributed by atoms with Crippen LogP contribution in [0, 0.1) is 11.3 Å². The number of benzene rings is 1. The molecule has 0 spiro atoms. The van der Waals surface area contributed by atoms with Crippen molar-refractivity contribution in [3.8, 4) is 0 Å². The summed E-state index contributed by atoms with van der Waals surface area (Å²) >= 11 is 0. The number of unbranched alkanes of at least 4 members (excludes halogenated alkanes) is 4. The third-order valence-corrected chi connectivity index (χ3v) is 10.2. The molecule has 46 heavy (non-hydrogen) atoms. The van der Waals surface area contributed by atoms with Gasteiger partial charge in [0.25, 0.3) is 5.91 Å². The molecule has 3 unspecified atom stereocenters. The summed E-state index contributed by atoms with van der Waals surface area (Å²) in [6.45, 7) is 12.7. The molecule has 0 aromatic heterocycles. The van der Waals surface area contributed by atoms with Crippen molar-refractivity contribution in [2.45, 2.75) is 175 Å². The van der Waals surface area contributed by atoms with E-state index in [0.717, 1.165) is 63.4 Å². The highest BCUT2D eigenvalue weighted by atomic mass is 16.5. The quantitative estimate of drug-likeness (QED) is 0.155. The zero-order chi connectivity index (χ0) is 33.6. The number of ether oxygens (including phenoxy) is 1. The summed E-state index contributed by atoms with van der Waals surface area (Å²) in [4.78, 5) is 46.7. The van der Waals surface area contributed by atoms with E-state index in [4.69, 9.17) is 10.1 Å². The highest BCUT2D eigenvalue weighted by molar-refractivity contribution is 6.07. The Kier molecular flexibility index (Phi) is 15.6. The van der Waals surface area contributed by atoms with Gasteiger partial charge in [-0.2, -0.15) is 0 Å². The molecule has 2 amide bonds. The Morgan fingerprint density at radius 1 is 0.935 bits per heavy atom. The number of nitrogens with zero attached hydrogens (tertiary/aromatic N) is 3. The van der Waals surface area contributed by atoms with E-state index in [1.165, 1.54) is 25.7 Å². The van der Waals surface area contributed by atoms with E-state index in [-0.39, 0.29) is 48.4 Å². The van der Waals surface area contributed by atoms with Gasteiger partial charge >= 0.3 is 5.97 Å². The molecule has 4 rings (SSSR count). The van der Waals surface area contributed by atoms with E-state index < -0.39 is 18.1 Å². The monoisotopic (exact) mass is 638 g/mol. The van der Waals surface area contributed by atoms with E-state index in [0.29, 0.717) is 12.8 Å². The van der Waals surface area contributed by atoms with E-state index >= 15 is 0 Å². The van der Waals surface area contributed by atoms with Gasteiger partial charge in [-0.05, 0) is 56.9 Å². The van der Waals surface area contributed by atoms with Gasteiger partial charge in [0.2, 0.25) is 11.9 Å². The van der Waals surface area contributed by atoms with Crippen LogP contribution in [-0.4, -0.2) is 68.7 Å². The first-order chi connectivity index (χ1) is 22.2. The average molecular weight is 639 g/mol. The normalized spacial score (nSPS) is 23.9. The Hall–Kier alpha value is -2.90. The van der Waals surface area contributed by atoms with Crippen LogP contribution < -0.4 is 0 Å². The lowest BCUT2D eigenvalue weighted by atomic mass is 9.84. The molecule has 2 heterocycles. The predicted molar refractivity (Wildman–Crippen MR) is 185 cm³/mol. The molecule has 1 saturated carbocycles. The molecule has 8 nitrogen and oxygen atoms in total. The van der Waals surface area contributed by atoms with Crippen LogP contribution in [0.2, 0.25) is 0 Å². The van der Waals surface area contributed by atoms with E-state index in [1.807, 2.05) is 44.2 Å². The molecule has 258 valence electrons. The van der Waals surface area contributed by atoms with Crippen LogP contribution >= 0.6 is 0 Å². The third-order valence-electron chi connectivity index (χ3n) is 10.2. The molecule has 1 N–H and O–H groups in total. The van der Waals surface area contributed by atoms with Crippen LogP contribution in [0.4, 0.5) is 0 Å². The van der Waals surface area contributed by atoms with Crippen molar-refractivity contribution in [2.75, 3.05) is 0 Å². The minimum absolute atomic E-state index is 0.000800. The maximum absolute atomic E-state index is 14.3. The highest BCUT2D eigenvalue weighted by Crippen LogP contribution is 2.41. The van der Waals surface area contributed by atoms with Crippen LogP contribution in [0.3, 0.4) is 0 Å². The number of fused-ring (bicyclic) bond motifs is 1. The van der Waals surface area contributed by atoms with E-state index in [1.54, 1.807) is 14.7 Å². The van der Waals surface area contributed by atoms with E-state index in [9.17, 15) is 14.4 Å². The number of hydrogen-bond acceptors (Lipinski definition) is 5. The molecule has 1 aromatic carbocycles. The van der Waals surface area contributed by atoms with Crippen LogP contribution in [0.5, 0.6) is 0 Å². The van der Waals surface area contributed by atoms with Gasteiger partial charge in [0, 0.05) is 12.1 Å². The standard InChI is InChI=1S/C32H48N4O4.C6H14/c1-5-8-18-25(7-3)35-30(38)27(14-6-2)34(32(35)33)22(4)29(37)36-26-19-13-12-17-24(26)20-28(36)31(39)40-21-23-15-10-9-11-16-23;1-3-5-6-4-2/h9-11,15-16,22,24-28,33H,5-8,12-14,17-21H2,1-4H3;3-6H2,1-2H3/t22-,24-,25?,26-,27?,28?;/m0./s1. The Labute approximate surface area is 279 Å².